The molecule has 124 valence electrons. The standard InChI is InChI=1S/C17H28N2O3/c1-5-14(11-22-4)18-16(21)19-15(17(2,3)12-20)13-9-7-6-8-10-13/h6-10,14-15,20H,5,11-12H2,1-4H3,(H2,18,19,21)/t14-,15+/m0/s1. The Morgan fingerprint density at radius 2 is 1.91 bits per heavy atom. The molecule has 3 N–H and O–H groups in total. The van der Waals surface area contributed by atoms with Gasteiger partial charge in [-0.15, -0.1) is 0 Å². The maximum atomic E-state index is 12.3. The number of nitrogens with one attached hydrogen (secondary N) is 2. The monoisotopic (exact) mass is 308 g/mol. The molecule has 0 aliphatic carbocycles. The first kappa shape index (κ1) is 18.5. The molecule has 2 atom stereocenters. The number of ether oxygens (including phenoxy) is 1. The van der Waals surface area contributed by atoms with Crippen molar-refractivity contribution in [2.75, 3.05) is 20.3 Å². The molecule has 2 amide bonds. The second-order valence-electron chi connectivity index (χ2n) is 6.17. The van der Waals surface area contributed by atoms with Crippen molar-refractivity contribution < 1.29 is 14.6 Å². The van der Waals surface area contributed by atoms with Gasteiger partial charge in [0, 0.05) is 12.5 Å². The van der Waals surface area contributed by atoms with Crippen LogP contribution in [0.15, 0.2) is 30.3 Å². The Bertz CT molecular complexity index is 448. The van der Waals surface area contributed by atoms with Gasteiger partial charge in [0.1, 0.15) is 0 Å². The van der Waals surface area contributed by atoms with E-state index in [0.29, 0.717) is 6.61 Å². The first-order chi connectivity index (χ1) is 10.4. The fourth-order valence-corrected chi connectivity index (χ4v) is 2.29. The maximum Gasteiger partial charge on any atom is 0.315 e. The molecule has 0 heterocycles. The lowest BCUT2D eigenvalue weighted by molar-refractivity contribution is 0.116. The Kier molecular flexibility index (Phi) is 7.35. The van der Waals surface area contributed by atoms with E-state index in [9.17, 15) is 9.90 Å². The smallest absolute Gasteiger partial charge is 0.315 e. The van der Waals surface area contributed by atoms with Crippen LogP contribution in [0, 0.1) is 5.41 Å². The van der Waals surface area contributed by atoms with Gasteiger partial charge in [0.25, 0.3) is 0 Å². The highest BCUT2D eigenvalue weighted by Crippen LogP contribution is 2.32. The Hall–Kier alpha value is -1.59. The molecule has 5 heteroatoms. The number of aliphatic hydroxyl groups excluding tert-OH is 1. The van der Waals surface area contributed by atoms with E-state index in [4.69, 9.17) is 4.74 Å². The third kappa shape index (κ3) is 5.31. The van der Waals surface area contributed by atoms with Crippen LogP contribution in [0.25, 0.3) is 0 Å². The summed E-state index contributed by atoms with van der Waals surface area (Å²) in [7, 11) is 1.61. The minimum absolute atomic E-state index is 0.0257. The van der Waals surface area contributed by atoms with Crippen LogP contribution in [-0.4, -0.2) is 37.5 Å². The van der Waals surface area contributed by atoms with Gasteiger partial charge < -0.3 is 20.5 Å². The van der Waals surface area contributed by atoms with E-state index in [1.165, 1.54) is 0 Å². The normalized spacial score (nSPS) is 14.2. The van der Waals surface area contributed by atoms with E-state index >= 15 is 0 Å². The molecule has 0 aliphatic rings. The SMILES string of the molecule is CC[C@@H](COC)NC(=O)N[C@H](c1ccccc1)C(C)(C)CO. The zero-order valence-electron chi connectivity index (χ0n) is 13.9. The quantitative estimate of drug-likeness (QED) is 0.691. The molecule has 0 bridgehead atoms. The second kappa shape index (κ2) is 8.76. The fourth-order valence-electron chi connectivity index (χ4n) is 2.29. The molecule has 1 aromatic carbocycles. The molecule has 0 radical (unpaired) electrons. The summed E-state index contributed by atoms with van der Waals surface area (Å²) >= 11 is 0. The van der Waals surface area contributed by atoms with Crippen molar-refractivity contribution in [3.8, 4) is 0 Å². The van der Waals surface area contributed by atoms with Gasteiger partial charge in [-0.2, -0.15) is 0 Å². The van der Waals surface area contributed by atoms with Crippen molar-refractivity contribution in [2.24, 2.45) is 5.41 Å². The predicted molar refractivity (Wildman–Crippen MR) is 87.7 cm³/mol. The molecule has 0 aliphatic heterocycles. The number of hydrogen-bond acceptors (Lipinski definition) is 3. The summed E-state index contributed by atoms with van der Waals surface area (Å²) in [5, 5.41) is 15.5. The highest BCUT2D eigenvalue weighted by molar-refractivity contribution is 5.75. The molecule has 0 unspecified atom stereocenters. The molecular formula is C17H28N2O3. The lowest BCUT2D eigenvalue weighted by atomic mass is 9.81. The van der Waals surface area contributed by atoms with E-state index < -0.39 is 5.41 Å². The topological polar surface area (TPSA) is 70.6 Å². The number of amides is 2. The zero-order valence-corrected chi connectivity index (χ0v) is 13.9. The van der Waals surface area contributed by atoms with Crippen LogP contribution in [-0.2, 0) is 4.74 Å². The van der Waals surface area contributed by atoms with Crippen LogP contribution in [0.5, 0.6) is 0 Å². The number of benzene rings is 1. The molecule has 1 aromatic rings. The average molecular weight is 308 g/mol. The molecule has 0 spiro atoms. The Morgan fingerprint density at radius 3 is 2.41 bits per heavy atom. The fraction of sp³-hybridized carbons (Fsp3) is 0.588. The minimum Gasteiger partial charge on any atom is -0.396 e. The van der Waals surface area contributed by atoms with Gasteiger partial charge in [0.05, 0.1) is 25.3 Å². The van der Waals surface area contributed by atoms with Crippen molar-refractivity contribution in [3.05, 3.63) is 35.9 Å². The molecule has 0 saturated heterocycles. The lowest BCUT2D eigenvalue weighted by Gasteiger charge is -2.34. The number of rotatable bonds is 8. The number of hydrogen-bond donors (Lipinski definition) is 3. The summed E-state index contributed by atoms with van der Waals surface area (Å²) < 4.78 is 5.09. The number of carbonyl (C=O) groups excluding carboxylic acids is 1. The largest absolute Gasteiger partial charge is 0.396 e. The first-order valence-corrected chi connectivity index (χ1v) is 7.66. The molecule has 0 fully saturated rings. The van der Waals surface area contributed by atoms with Gasteiger partial charge in [0.2, 0.25) is 0 Å². The molecule has 0 saturated carbocycles. The zero-order chi connectivity index (χ0) is 16.6. The average Bonchev–Trinajstić information content (AvgIpc) is 2.52. The Balaban J connectivity index is 2.84. The van der Waals surface area contributed by atoms with Gasteiger partial charge in [0.15, 0.2) is 0 Å². The first-order valence-electron chi connectivity index (χ1n) is 7.66. The summed E-state index contributed by atoms with van der Waals surface area (Å²) in [6.07, 6.45) is 0.792. The van der Waals surface area contributed by atoms with Crippen LogP contribution < -0.4 is 10.6 Å². The van der Waals surface area contributed by atoms with E-state index in [0.717, 1.165) is 12.0 Å². The van der Waals surface area contributed by atoms with Crippen LogP contribution in [0.2, 0.25) is 0 Å². The number of urea groups is 1. The maximum absolute atomic E-state index is 12.3. The summed E-state index contributed by atoms with van der Waals surface area (Å²) in [5.74, 6) is 0. The third-order valence-corrected chi connectivity index (χ3v) is 3.79. The van der Waals surface area contributed by atoms with Gasteiger partial charge in [-0.05, 0) is 12.0 Å². The lowest BCUT2D eigenvalue weighted by Crippen LogP contribution is -2.48. The summed E-state index contributed by atoms with van der Waals surface area (Å²) in [5.41, 5.74) is 0.498. The summed E-state index contributed by atoms with van der Waals surface area (Å²) in [4.78, 5) is 12.3. The highest BCUT2D eigenvalue weighted by atomic mass is 16.5. The molecular weight excluding hydrogens is 280 g/mol. The van der Waals surface area contributed by atoms with Crippen LogP contribution in [0.4, 0.5) is 4.79 Å². The molecule has 0 aromatic heterocycles. The van der Waals surface area contributed by atoms with Crippen molar-refractivity contribution in [1.82, 2.24) is 10.6 Å². The van der Waals surface area contributed by atoms with Crippen molar-refractivity contribution in [3.63, 3.8) is 0 Å². The Labute approximate surface area is 133 Å². The van der Waals surface area contributed by atoms with Gasteiger partial charge in [-0.3, -0.25) is 0 Å². The number of aliphatic hydroxyl groups is 1. The highest BCUT2D eigenvalue weighted by Gasteiger charge is 2.31. The molecule has 22 heavy (non-hydrogen) atoms. The van der Waals surface area contributed by atoms with E-state index in [-0.39, 0.29) is 24.7 Å². The minimum atomic E-state index is -0.471. The summed E-state index contributed by atoms with van der Waals surface area (Å²) in [6, 6.07) is 9.13. The van der Waals surface area contributed by atoms with Gasteiger partial charge in [-0.1, -0.05) is 51.1 Å². The van der Waals surface area contributed by atoms with Crippen molar-refractivity contribution >= 4 is 6.03 Å². The van der Waals surface area contributed by atoms with Crippen LogP contribution in [0.3, 0.4) is 0 Å². The van der Waals surface area contributed by atoms with Gasteiger partial charge in [-0.25, -0.2) is 4.79 Å². The number of methoxy groups -OCH3 is 1. The van der Waals surface area contributed by atoms with E-state index in [1.54, 1.807) is 7.11 Å². The van der Waals surface area contributed by atoms with Crippen LogP contribution >= 0.6 is 0 Å². The van der Waals surface area contributed by atoms with Crippen LogP contribution in [0.1, 0.15) is 38.8 Å². The number of carbonyl (C=O) groups is 1. The van der Waals surface area contributed by atoms with Crippen molar-refractivity contribution in [2.45, 2.75) is 39.3 Å². The van der Waals surface area contributed by atoms with Gasteiger partial charge >= 0.3 is 6.03 Å². The predicted octanol–water partition coefficient (Wildman–Crippen LogP) is 2.47. The second-order valence-corrected chi connectivity index (χ2v) is 6.17. The van der Waals surface area contributed by atoms with E-state index in [2.05, 4.69) is 10.6 Å². The Morgan fingerprint density at radius 1 is 1.27 bits per heavy atom. The summed E-state index contributed by atoms with van der Waals surface area (Å²) in [6.45, 7) is 6.30. The van der Waals surface area contributed by atoms with Crippen molar-refractivity contribution in [1.29, 1.82) is 0 Å². The molecule has 5 nitrogen and oxygen atoms in total. The van der Waals surface area contributed by atoms with E-state index in [1.807, 2.05) is 51.1 Å². The third-order valence-electron chi connectivity index (χ3n) is 3.79. The molecule has 1 rings (SSSR count).